The van der Waals surface area contributed by atoms with Gasteiger partial charge in [-0.3, -0.25) is 9.78 Å². The first-order valence-electron chi connectivity index (χ1n) is 7.89. The van der Waals surface area contributed by atoms with Crippen molar-refractivity contribution in [1.29, 1.82) is 0 Å². The molecule has 0 spiro atoms. The Morgan fingerprint density at radius 2 is 1.71 bits per heavy atom. The molecule has 3 amide bonds. The van der Waals surface area contributed by atoms with E-state index in [0.29, 0.717) is 17.9 Å². The van der Waals surface area contributed by atoms with E-state index in [0.717, 1.165) is 12.0 Å². The molecule has 0 aliphatic rings. The van der Waals surface area contributed by atoms with Crippen LogP contribution in [0, 0.1) is 5.92 Å². The quantitative estimate of drug-likeness (QED) is 0.763. The first-order valence-corrected chi connectivity index (χ1v) is 7.89. The van der Waals surface area contributed by atoms with Crippen LogP contribution in [0.2, 0.25) is 0 Å². The lowest BCUT2D eigenvalue weighted by molar-refractivity contribution is -0.118. The zero-order chi connectivity index (χ0) is 17.4. The van der Waals surface area contributed by atoms with Crippen LogP contribution in [0.15, 0.2) is 48.8 Å². The number of pyridine rings is 1. The minimum Gasteiger partial charge on any atom is -0.338 e. The smallest absolute Gasteiger partial charge is 0.319 e. The number of benzene rings is 1. The molecule has 6 heteroatoms. The number of urea groups is 1. The number of nitrogens with zero attached hydrogens (tertiary/aromatic N) is 1. The van der Waals surface area contributed by atoms with Crippen molar-refractivity contribution in [1.82, 2.24) is 10.3 Å². The maximum Gasteiger partial charge on any atom is 0.319 e. The molecule has 0 fully saturated rings. The highest BCUT2D eigenvalue weighted by molar-refractivity contribution is 5.94. The number of carbonyl (C=O) groups excluding carboxylic acids is 2. The van der Waals surface area contributed by atoms with Crippen molar-refractivity contribution in [3.63, 3.8) is 0 Å². The van der Waals surface area contributed by atoms with Crippen LogP contribution in [0.25, 0.3) is 0 Å². The average Bonchev–Trinajstić information content (AvgIpc) is 2.56. The van der Waals surface area contributed by atoms with Gasteiger partial charge in [0, 0.05) is 36.2 Å². The van der Waals surface area contributed by atoms with Gasteiger partial charge in [-0.15, -0.1) is 0 Å². The SMILES string of the molecule is CC(C)C(=O)Nc1cccc(NC(=O)NCCc2ccncc2)c1. The fourth-order valence-corrected chi connectivity index (χ4v) is 2.01. The molecule has 1 aromatic carbocycles. The molecular weight excluding hydrogens is 304 g/mol. The summed E-state index contributed by atoms with van der Waals surface area (Å²) in [6.07, 6.45) is 4.19. The van der Waals surface area contributed by atoms with E-state index >= 15 is 0 Å². The molecule has 1 aromatic heterocycles. The Bertz CT molecular complexity index is 686. The summed E-state index contributed by atoms with van der Waals surface area (Å²) in [7, 11) is 0. The minimum absolute atomic E-state index is 0.0612. The van der Waals surface area contributed by atoms with Crippen molar-refractivity contribution in [2.24, 2.45) is 5.92 Å². The Hall–Kier alpha value is -2.89. The molecule has 3 N–H and O–H groups in total. The maximum absolute atomic E-state index is 11.9. The van der Waals surface area contributed by atoms with Gasteiger partial charge in [0.15, 0.2) is 0 Å². The topological polar surface area (TPSA) is 83.1 Å². The van der Waals surface area contributed by atoms with Crippen LogP contribution in [0.4, 0.5) is 16.2 Å². The van der Waals surface area contributed by atoms with Gasteiger partial charge in [-0.05, 0) is 42.3 Å². The lowest BCUT2D eigenvalue weighted by Crippen LogP contribution is -2.30. The highest BCUT2D eigenvalue weighted by atomic mass is 16.2. The van der Waals surface area contributed by atoms with E-state index < -0.39 is 0 Å². The van der Waals surface area contributed by atoms with E-state index in [2.05, 4.69) is 20.9 Å². The van der Waals surface area contributed by atoms with E-state index in [1.165, 1.54) is 0 Å². The third-order valence-corrected chi connectivity index (χ3v) is 3.36. The van der Waals surface area contributed by atoms with E-state index in [1.54, 1.807) is 36.7 Å². The summed E-state index contributed by atoms with van der Waals surface area (Å²) in [5.74, 6) is -0.160. The van der Waals surface area contributed by atoms with Crippen LogP contribution in [-0.2, 0) is 11.2 Å². The highest BCUT2D eigenvalue weighted by Gasteiger charge is 2.08. The maximum atomic E-state index is 11.9. The van der Waals surface area contributed by atoms with Crippen LogP contribution in [0.1, 0.15) is 19.4 Å². The summed E-state index contributed by atoms with van der Waals surface area (Å²) in [6, 6.07) is 10.6. The van der Waals surface area contributed by atoms with Crippen LogP contribution in [0.5, 0.6) is 0 Å². The molecule has 0 bridgehead atoms. The van der Waals surface area contributed by atoms with Gasteiger partial charge >= 0.3 is 6.03 Å². The number of rotatable bonds is 6. The van der Waals surface area contributed by atoms with E-state index in [9.17, 15) is 9.59 Å². The van der Waals surface area contributed by atoms with Gasteiger partial charge < -0.3 is 16.0 Å². The monoisotopic (exact) mass is 326 g/mol. The normalized spacial score (nSPS) is 10.3. The van der Waals surface area contributed by atoms with E-state index in [1.807, 2.05) is 26.0 Å². The second kappa shape index (κ2) is 8.67. The third kappa shape index (κ3) is 5.72. The summed E-state index contributed by atoms with van der Waals surface area (Å²) < 4.78 is 0. The summed E-state index contributed by atoms with van der Waals surface area (Å²) in [6.45, 7) is 4.18. The van der Waals surface area contributed by atoms with Gasteiger partial charge in [0.2, 0.25) is 5.91 Å². The summed E-state index contributed by atoms with van der Waals surface area (Å²) >= 11 is 0. The minimum atomic E-state index is -0.281. The van der Waals surface area contributed by atoms with Crippen molar-refractivity contribution in [2.75, 3.05) is 17.2 Å². The molecule has 2 rings (SSSR count). The van der Waals surface area contributed by atoms with Gasteiger partial charge in [0.1, 0.15) is 0 Å². The Balaban J connectivity index is 1.82. The van der Waals surface area contributed by atoms with Crippen LogP contribution >= 0.6 is 0 Å². The Labute approximate surface area is 141 Å². The molecular formula is C18H22N4O2. The second-order valence-corrected chi connectivity index (χ2v) is 5.71. The van der Waals surface area contributed by atoms with Gasteiger partial charge in [0.05, 0.1) is 0 Å². The molecule has 2 aromatic rings. The number of hydrogen-bond donors (Lipinski definition) is 3. The first kappa shape index (κ1) is 17.5. The fraction of sp³-hybridized carbons (Fsp3) is 0.278. The standard InChI is InChI=1S/C18H22N4O2/c1-13(2)17(23)21-15-4-3-5-16(12-15)22-18(24)20-11-8-14-6-9-19-10-7-14/h3-7,9-10,12-13H,8,11H2,1-2H3,(H,21,23)(H2,20,22,24). The summed E-state index contributed by atoms with van der Waals surface area (Å²) in [4.78, 5) is 27.6. The number of carbonyl (C=O) groups is 2. The van der Waals surface area contributed by atoms with Crippen molar-refractivity contribution in [3.05, 3.63) is 54.4 Å². The van der Waals surface area contributed by atoms with Crippen LogP contribution < -0.4 is 16.0 Å². The molecule has 1 heterocycles. The Morgan fingerprint density at radius 3 is 2.38 bits per heavy atom. The van der Waals surface area contributed by atoms with Crippen molar-refractivity contribution in [3.8, 4) is 0 Å². The zero-order valence-corrected chi connectivity index (χ0v) is 13.9. The van der Waals surface area contributed by atoms with Crippen molar-refractivity contribution >= 4 is 23.3 Å². The van der Waals surface area contributed by atoms with Gasteiger partial charge in [-0.25, -0.2) is 4.79 Å². The molecule has 0 atom stereocenters. The summed E-state index contributed by atoms with van der Waals surface area (Å²) in [5, 5.41) is 8.36. The molecule has 24 heavy (non-hydrogen) atoms. The van der Waals surface area contributed by atoms with E-state index in [-0.39, 0.29) is 17.9 Å². The van der Waals surface area contributed by atoms with Crippen molar-refractivity contribution in [2.45, 2.75) is 20.3 Å². The van der Waals surface area contributed by atoms with Crippen LogP contribution in [-0.4, -0.2) is 23.5 Å². The fourth-order valence-electron chi connectivity index (χ4n) is 2.01. The molecule has 126 valence electrons. The van der Waals surface area contributed by atoms with Gasteiger partial charge in [-0.2, -0.15) is 0 Å². The lowest BCUT2D eigenvalue weighted by Gasteiger charge is -2.11. The third-order valence-electron chi connectivity index (χ3n) is 3.36. The molecule has 0 unspecified atom stereocenters. The van der Waals surface area contributed by atoms with E-state index in [4.69, 9.17) is 0 Å². The number of hydrogen-bond acceptors (Lipinski definition) is 3. The van der Waals surface area contributed by atoms with Gasteiger partial charge in [0.25, 0.3) is 0 Å². The Morgan fingerprint density at radius 1 is 1.04 bits per heavy atom. The molecule has 0 saturated carbocycles. The molecule has 0 aliphatic heterocycles. The second-order valence-electron chi connectivity index (χ2n) is 5.71. The molecule has 0 saturated heterocycles. The number of nitrogens with one attached hydrogen (secondary N) is 3. The van der Waals surface area contributed by atoms with Crippen LogP contribution in [0.3, 0.4) is 0 Å². The number of aromatic nitrogens is 1. The Kier molecular flexibility index (Phi) is 6.31. The van der Waals surface area contributed by atoms with Crippen molar-refractivity contribution < 1.29 is 9.59 Å². The molecule has 0 radical (unpaired) electrons. The zero-order valence-electron chi connectivity index (χ0n) is 13.9. The van der Waals surface area contributed by atoms with Gasteiger partial charge in [-0.1, -0.05) is 19.9 Å². The first-order chi connectivity index (χ1) is 11.5. The lowest BCUT2D eigenvalue weighted by atomic mass is 10.2. The predicted octanol–water partition coefficient (Wildman–Crippen LogP) is 3.04. The molecule has 0 aliphatic carbocycles. The molecule has 6 nitrogen and oxygen atoms in total. The average molecular weight is 326 g/mol. The summed E-state index contributed by atoms with van der Waals surface area (Å²) in [5.41, 5.74) is 2.39. The number of amides is 3. The largest absolute Gasteiger partial charge is 0.338 e. The number of anilines is 2. The highest BCUT2D eigenvalue weighted by Crippen LogP contribution is 2.15. The predicted molar refractivity (Wildman–Crippen MR) is 94.9 cm³/mol.